The molecule has 1 N–H and O–H groups in total. The van der Waals surface area contributed by atoms with Crippen LogP contribution in [-0.2, 0) is 0 Å². The van der Waals surface area contributed by atoms with Crippen LogP contribution in [-0.4, -0.2) is 21.7 Å². The number of aromatic nitrogens is 2. The Bertz CT molecular complexity index is 853. The molecule has 4 nitrogen and oxygen atoms in total. The summed E-state index contributed by atoms with van der Waals surface area (Å²) >= 11 is 3.66. The van der Waals surface area contributed by atoms with Crippen LogP contribution < -0.4 is 5.32 Å². The number of amides is 1. The van der Waals surface area contributed by atoms with E-state index in [0.717, 1.165) is 23.0 Å². The third-order valence-electron chi connectivity index (χ3n) is 6.42. The van der Waals surface area contributed by atoms with Gasteiger partial charge in [0, 0.05) is 22.0 Å². The summed E-state index contributed by atoms with van der Waals surface area (Å²) in [4.78, 5) is 13.1. The van der Waals surface area contributed by atoms with E-state index in [1.807, 2.05) is 22.9 Å². The van der Waals surface area contributed by atoms with Crippen molar-refractivity contribution in [1.82, 2.24) is 15.1 Å². The van der Waals surface area contributed by atoms with Crippen molar-refractivity contribution in [3.63, 3.8) is 0 Å². The fourth-order valence-electron chi connectivity index (χ4n) is 5.21. The molecule has 0 spiro atoms. The average Bonchev–Trinajstić information content (AvgIpc) is 3.36. The number of carbonyl (C=O) groups is 1. The highest BCUT2D eigenvalue weighted by Crippen LogP contribution is 2.54. The molecule has 136 valence electrons. The molecule has 2 atom stereocenters. The lowest BCUT2D eigenvalue weighted by Gasteiger charge is -2.22. The molecule has 5 rings (SSSR count). The van der Waals surface area contributed by atoms with Crippen molar-refractivity contribution in [1.29, 1.82) is 0 Å². The van der Waals surface area contributed by atoms with Gasteiger partial charge in [-0.25, -0.2) is 4.68 Å². The average molecular weight is 414 g/mol. The van der Waals surface area contributed by atoms with E-state index in [-0.39, 0.29) is 5.91 Å². The number of fused-ring (bicyclic) bond motifs is 5. The van der Waals surface area contributed by atoms with Crippen molar-refractivity contribution in [2.75, 3.05) is 0 Å². The van der Waals surface area contributed by atoms with Gasteiger partial charge < -0.3 is 5.32 Å². The molecule has 2 fully saturated rings. The van der Waals surface area contributed by atoms with Crippen molar-refractivity contribution in [3.05, 3.63) is 45.7 Å². The molecule has 0 saturated heterocycles. The maximum absolute atomic E-state index is 13.1. The zero-order valence-corrected chi connectivity index (χ0v) is 16.5. The fourth-order valence-corrected chi connectivity index (χ4v) is 5.66. The largest absolute Gasteiger partial charge is 0.348 e. The Labute approximate surface area is 162 Å². The Hall–Kier alpha value is -1.62. The molecule has 2 bridgehead atoms. The molecule has 5 heteroatoms. The second-order valence-electron chi connectivity index (χ2n) is 8.03. The number of hydrogen-bond donors (Lipinski definition) is 1. The minimum atomic E-state index is 0.0338. The summed E-state index contributed by atoms with van der Waals surface area (Å²) in [5.41, 5.74) is 4.22. The number of hydrogen-bond acceptors (Lipinski definition) is 2. The molecule has 1 amide bonds. The second-order valence-corrected chi connectivity index (χ2v) is 8.88. The molecule has 1 aromatic carbocycles. The number of nitrogens with zero attached hydrogens (tertiary/aromatic N) is 2. The molecular formula is C21H24BrN3O. The standard InChI is InChI=1S/C21H24BrN3O/c22-16-8-4-5-9-17(16)25-20-14-11-10-13(12-14)18(20)19(24-25)21(26)23-15-6-2-1-3-7-15/h4-5,8-9,13-15H,1-3,6-7,10-12H2,(H,23,26). The van der Waals surface area contributed by atoms with Gasteiger partial charge >= 0.3 is 0 Å². The summed E-state index contributed by atoms with van der Waals surface area (Å²) in [5, 5.41) is 8.12. The Balaban J connectivity index is 1.54. The zero-order valence-electron chi connectivity index (χ0n) is 14.9. The number of rotatable bonds is 3. The van der Waals surface area contributed by atoms with Crippen LogP contribution in [0.15, 0.2) is 28.7 Å². The quantitative estimate of drug-likeness (QED) is 0.763. The van der Waals surface area contributed by atoms with Gasteiger partial charge in [0.05, 0.1) is 11.4 Å². The Morgan fingerprint density at radius 2 is 1.85 bits per heavy atom. The van der Waals surface area contributed by atoms with Gasteiger partial charge in [0.15, 0.2) is 5.69 Å². The van der Waals surface area contributed by atoms with Crippen LogP contribution in [0.2, 0.25) is 0 Å². The van der Waals surface area contributed by atoms with Gasteiger partial charge in [-0.05, 0) is 66.1 Å². The normalized spacial score (nSPS) is 24.7. The zero-order chi connectivity index (χ0) is 17.7. The molecule has 26 heavy (non-hydrogen) atoms. The first-order valence-corrected chi connectivity index (χ1v) is 10.7. The molecule has 0 radical (unpaired) electrons. The van der Waals surface area contributed by atoms with Gasteiger partial charge in [0.2, 0.25) is 0 Å². The minimum Gasteiger partial charge on any atom is -0.348 e. The predicted molar refractivity (Wildman–Crippen MR) is 105 cm³/mol. The monoisotopic (exact) mass is 413 g/mol. The van der Waals surface area contributed by atoms with Crippen LogP contribution >= 0.6 is 15.9 Å². The van der Waals surface area contributed by atoms with Crippen molar-refractivity contribution in [2.45, 2.75) is 69.2 Å². The Morgan fingerprint density at radius 1 is 1.08 bits per heavy atom. The molecule has 2 unspecified atom stereocenters. The molecule has 2 saturated carbocycles. The van der Waals surface area contributed by atoms with Crippen molar-refractivity contribution < 1.29 is 4.79 Å². The number of benzene rings is 1. The summed E-state index contributed by atoms with van der Waals surface area (Å²) in [6.45, 7) is 0. The van der Waals surface area contributed by atoms with Crippen molar-refractivity contribution >= 4 is 21.8 Å². The van der Waals surface area contributed by atoms with Crippen LogP contribution in [0.5, 0.6) is 0 Å². The third kappa shape index (κ3) is 2.63. The van der Waals surface area contributed by atoms with E-state index in [1.165, 1.54) is 49.8 Å². The first-order valence-electron chi connectivity index (χ1n) is 9.91. The van der Waals surface area contributed by atoms with Gasteiger partial charge in [-0.2, -0.15) is 5.10 Å². The number of carbonyl (C=O) groups excluding carboxylic acids is 1. The summed E-state index contributed by atoms with van der Waals surface area (Å²) in [6, 6.07) is 8.48. The first kappa shape index (κ1) is 16.5. The van der Waals surface area contributed by atoms with Crippen LogP contribution in [0, 0.1) is 0 Å². The summed E-state index contributed by atoms with van der Waals surface area (Å²) in [5.74, 6) is 1.09. The van der Waals surface area contributed by atoms with E-state index in [0.29, 0.717) is 23.6 Å². The van der Waals surface area contributed by atoms with E-state index in [1.54, 1.807) is 0 Å². The van der Waals surface area contributed by atoms with Gasteiger partial charge in [-0.15, -0.1) is 0 Å². The van der Waals surface area contributed by atoms with Crippen molar-refractivity contribution in [2.24, 2.45) is 0 Å². The highest BCUT2D eigenvalue weighted by atomic mass is 79.9. The summed E-state index contributed by atoms with van der Waals surface area (Å²) in [6.07, 6.45) is 9.54. The third-order valence-corrected chi connectivity index (χ3v) is 7.09. The van der Waals surface area contributed by atoms with Gasteiger partial charge in [0.25, 0.3) is 5.91 Å². The van der Waals surface area contributed by atoms with Crippen LogP contribution in [0.25, 0.3) is 5.69 Å². The van der Waals surface area contributed by atoms with E-state index in [2.05, 4.69) is 27.3 Å². The molecule has 2 aromatic rings. The molecular weight excluding hydrogens is 390 g/mol. The second kappa shape index (κ2) is 6.52. The van der Waals surface area contributed by atoms with E-state index >= 15 is 0 Å². The number of para-hydroxylation sites is 1. The van der Waals surface area contributed by atoms with Crippen molar-refractivity contribution in [3.8, 4) is 5.69 Å². The number of halogens is 1. The fraction of sp³-hybridized carbons (Fsp3) is 0.524. The predicted octanol–water partition coefficient (Wildman–Crippen LogP) is 5.06. The smallest absolute Gasteiger partial charge is 0.272 e. The van der Waals surface area contributed by atoms with Gasteiger partial charge in [0.1, 0.15) is 0 Å². The highest BCUT2D eigenvalue weighted by Gasteiger charge is 2.44. The molecule has 1 heterocycles. The molecule has 0 aliphatic heterocycles. The van der Waals surface area contributed by atoms with Gasteiger partial charge in [-0.3, -0.25) is 4.79 Å². The van der Waals surface area contributed by atoms with Crippen LogP contribution in [0.1, 0.15) is 84.9 Å². The SMILES string of the molecule is O=C(NC1CCCCC1)c1nn(-c2ccccc2Br)c2c1C1CCC2C1. The molecule has 3 aliphatic carbocycles. The minimum absolute atomic E-state index is 0.0338. The number of nitrogens with one attached hydrogen (secondary N) is 1. The highest BCUT2D eigenvalue weighted by molar-refractivity contribution is 9.10. The topological polar surface area (TPSA) is 46.9 Å². The maximum Gasteiger partial charge on any atom is 0.272 e. The summed E-state index contributed by atoms with van der Waals surface area (Å²) in [7, 11) is 0. The lowest BCUT2D eigenvalue weighted by molar-refractivity contribution is 0.0921. The van der Waals surface area contributed by atoms with Crippen LogP contribution in [0.3, 0.4) is 0 Å². The van der Waals surface area contributed by atoms with E-state index < -0.39 is 0 Å². The van der Waals surface area contributed by atoms with E-state index in [9.17, 15) is 4.79 Å². The van der Waals surface area contributed by atoms with Gasteiger partial charge in [-0.1, -0.05) is 31.4 Å². The first-order chi connectivity index (χ1) is 12.7. The van der Waals surface area contributed by atoms with Crippen LogP contribution in [0.4, 0.5) is 0 Å². The van der Waals surface area contributed by atoms with E-state index in [4.69, 9.17) is 5.10 Å². The molecule has 1 aromatic heterocycles. The lowest BCUT2D eigenvalue weighted by atomic mass is 9.93. The lowest BCUT2D eigenvalue weighted by Crippen LogP contribution is -2.36. The molecule has 3 aliphatic rings. The maximum atomic E-state index is 13.1. The Morgan fingerprint density at radius 3 is 2.65 bits per heavy atom. The summed E-state index contributed by atoms with van der Waals surface area (Å²) < 4.78 is 3.06. The Kier molecular flexibility index (Phi) is 4.15.